The molecule has 0 bridgehead atoms. The highest BCUT2D eigenvalue weighted by molar-refractivity contribution is 8.18. The summed E-state index contributed by atoms with van der Waals surface area (Å²) in [6.45, 7) is 6.95. The van der Waals surface area contributed by atoms with Crippen LogP contribution in [0.1, 0.15) is 33.3 Å². The number of carbonyl (C=O) groups is 1. The first-order valence-electron chi connectivity index (χ1n) is 10.9. The Kier molecular flexibility index (Phi) is 10.5. The minimum Gasteiger partial charge on any atom is -0.435 e. The average Bonchev–Trinajstić information content (AvgIpc) is 3.04. The molecule has 2 aromatic carbocycles. The number of aliphatic imine (C=N–C) groups is 1. The lowest BCUT2D eigenvalue weighted by Gasteiger charge is -2.31. The van der Waals surface area contributed by atoms with Crippen molar-refractivity contribution >= 4 is 47.0 Å². The lowest BCUT2D eigenvalue weighted by atomic mass is 10.2. The fourth-order valence-corrected chi connectivity index (χ4v) is 4.65. The molecule has 2 aromatic rings. The molecule has 1 saturated heterocycles. The molecule has 0 unspecified atom stereocenters. The number of carbonyl (C=O) groups excluding carboxylic acids is 1. The number of nitrogens with zero attached hydrogens (tertiary/aromatic N) is 3. The molecule has 1 aliphatic rings. The van der Waals surface area contributed by atoms with E-state index in [0.717, 1.165) is 17.8 Å². The van der Waals surface area contributed by atoms with Crippen LogP contribution in [0.5, 0.6) is 5.75 Å². The van der Waals surface area contributed by atoms with Crippen molar-refractivity contribution in [1.29, 1.82) is 0 Å². The maximum absolute atomic E-state index is 13.3. The Morgan fingerprint density at radius 1 is 1.03 bits per heavy atom. The first-order valence-corrected chi connectivity index (χ1v) is 11.7. The summed E-state index contributed by atoms with van der Waals surface area (Å²) in [5.41, 5.74) is 1.50. The van der Waals surface area contributed by atoms with Crippen molar-refractivity contribution in [3.8, 4) is 5.75 Å². The molecule has 1 heterocycles. The lowest BCUT2D eigenvalue weighted by molar-refractivity contribution is -0.122. The van der Waals surface area contributed by atoms with Gasteiger partial charge in [0.1, 0.15) is 5.75 Å². The van der Waals surface area contributed by atoms with E-state index in [0.29, 0.717) is 28.7 Å². The highest BCUT2D eigenvalue weighted by Gasteiger charge is 2.34. The Bertz CT molecular complexity index is 991. The molecule has 9 heteroatoms. The third-order valence-corrected chi connectivity index (χ3v) is 6.19. The molecule has 1 aliphatic heterocycles. The van der Waals surface area contributed by atoms with Crippen molar-refractivity contribution in [3.05, 3.63) is 65.1 Å². The number of ether oxygens (including phenoxy) is 1. The van der Waals surface area contributed by atoms with E-state index in [4.69, 9.17) is 4.99 Å². The highest BCUT2D eigenvalue weighted by atomic mass is 35.5. The smallest absolute Gasteiger partial charge is 0.387 e. The van der Waals surface area contributed by atoms with Gasteiger partial charge in [-0.3, -0.25) is 14.6 Å². The number of rotatable bonds is 9. The van der Waals surface area contributed by atoms with Gasteiger partial charge in [-0.15, -0.1) is 12.4 Å². The third-order valence-electron chi connectivity index (χ3n) is 5.18. The topological polar surface area (TPSA) is 45.1 Å². The van der Waals surface area contributed by atoms with Gasteiger partial charge in [-0.05, 0) is 75.4 Å². The van der Waals surface area contributed by atoms with Crippen LogP contribution in [-0.4, -0.2) is 52.7 Å². The number of benzene rings is 2. The first kappa shape index (κ1) is 27.8. The summed E-state index contributed by atoms with van der Waals surface area (Å²) in [6.07, 6.45) is 1.75. The monoisotopic (exact) mass is 509 g/mol. The number of hydrogen-bond acceptors (Lipinski definition) is 5. The quantitative estimate of drug-likeness (QED) is 0.365. The van der Waals surface area contributed by atoms with Crippen molar-refractivity contribution in [2.24, 2.45) is 4.99 Å². The van der Waals surface area contributed by atoms with Crippen LogP contribution in [0, 0.1) is 0 Å². The molecule has 0 spiro atoms. The van der Waals surface area contributed by atoms with E-state index in [1.54, 1.807) is 23.1 Å². The maximum Gasteiger partial charge on any atom is 0.387 e. The summed E-state index contributed by atoms with van der Waals surface area (Å²) < 4.78 is 29.2. The van der Waals surface area contributed by atoms with E-state index in [2.05, 4.69) is 37.3 Å². The van der Waals surface area contributed by atoms with Gasteiger partial charge >= 0.3 is 6.61 Å². The summed E-state index contributed by atoms with van der Waals surface area (Å²) in [7, 11) is 0. The maximum atomic E-state index is 13.3. The van der Waals surface area contributed by atoms with Gasteiger partial charge in [0.05, 0.1) is 10.6 Å². The normalized spacial score (nSPS) is 16.4. The molecular weight excluding hydrogens is 480 g/mol. The van der Waals surface area contributed by atoms with Crippen molar-refractivity contribution in [1.82, 2.24) is 9.80 Å². The molecular formula is C25H30ClF2N3O2S. The molecule has 5 nitrogen and oxygen atoms in total. The molecule has 0 aliphatic carbocycles. The van der Waals surface area contributed by atoms with Gasteiger partial charge in [0, 0.05) is 25.2 Å². The fourth-order valence-electron chi connectivity index (χ4n) is 3.63. The predicted molar refractivity (Wildman–Crippen MR) is 138 cm³/mol. The number of amidine groups is 1. The summed E-state index contributed by atoms with van der Waals surface area (Å²) >= 11 is 1.32. The van der Waals surface area contributed by atoms with E-state index in [1.807, 2.05) is 30.3 Å². The zero-order valence-electron chi connectivity index (χ0n) is 19.7. The van der Waals surface area contributed by atoms with Gasteiger partial charge in [0.15, 0.2) is 5.17 Å². The van der Waals surface area contributed by atoms with Crippen molar-refractivity contribution < 1.29 is 18.3 Å². The average molecular weight is 510 g/mol. The second-order valence-electron chi connectivity index (χ2n) is 8.17. The SMILES string of the molecule is CC(C)N(CCN1C(=O)C(=Cc2ccc(OC(F)F)cc2)SC1=Nc1ccccc1)C(C)C.Cl. The number of hydrogen-bond donors (Lipinski definition) is 0. The van der Waals surface area contributed by atoms with Crippen LogP contribution < -0.4 is 4.74 Å². The number of thioether (sulfide) groups is 1. The summed E-state index contributed by atoms with van der Waals surface area (Å²) in [5, 5.41) is 0.627. The van der Waals surface area contributed by atoms with Gasteiger partial charge < -0.3 is 4.74 Å². The summed E-state index contributed by atoms with van der Waals surface area (Å²) in [4.78, 5) is 22.6. The zero-order chi connectivity index (χ0) is 24.0. The van der Waals surface area contributed by atoms with Gasteiger partial charge in [-0.1, -0.05) is 30.3 Å². The van der Waals surface area contributed by atoms with E-state index in [9.17, 15) is 13.6 Å². The van der Waals surface area contributed by atoms with Crippen LogP contribution >= 0.6 is 24.2 Å². The van der Waals surface area contributed by atoms with Crippen LogP contribution in [0.25, 0.3) is 6.08 Å². The molecule has 0 saturated carbocycles. The largest absolute Gasteiger partial charge is 0.435 e. The predicted octanol–water partition coefficient (Wildman–Crippen LogP) is 6.43. The number of halogens is 3. The van der Waals surface area contributed by atoms with Crippen molar-refractivity contribution in [2.45, 2.75) is 46.4 Å². The van der Waals surface area contributed by atoms with E-state index in [1.165, 1.54) is 23.9 Å². The van der Waals surface area contributed by atoms with Crippen LogP contribution in [0.4, 0.5) is 14.5 Å². The molecule has 0 atom stereocenters. The first-order chi connectivity index (χ1) is 15.7. The minimum absolute atomic E-state index is 0. The highest BCUT2D eigenvalue weighted by Crippen LogP contribution is 2.34. The van der Waals surface area contributed by atoms with E-state index in [-0.39, 0.29) is 24.1 Å². The lowest BCUT2D eigenvalue weighted by Crippen LogP contribution is -2.43. The number of amides is 1. The van der Waals surface area contributed by atoms with Crippen molar-refractivity contribution in [3.63, 3.8) is 0 Å². The van der Waals surface area contributed by atoms with Crippen LogP contribution in [-0.2, 0) is 4.79 Å². The number of para-hydroxylation sites is 1. The molecule has 0 aromatic heterocycles. The van der Waals surface area contributed by atoms with Crippen LogP contribution in [0.15, 0.2) is 64.5 Å². The van der Waals surface area contributed by atoms with E-state index >= 15 is 0 Å². The molecule has 0 N–H and O–H groups in total. The Hall–Kier alpha value is -2.42. The van der Waals surface area contributed by atoms with Gasteiger partial charge in [0.25, 0.3) is 5.91 Å². The molecule has 1 fully saturated rings. The molecule has 184 valence electrons. The van der Waals surface area contributed by atoms with Crippen molar-refractivity contribution in [2.75, 3.05) is 13.1 Å². The zero-order valence-corrected chi connectivity index (χ0v) is 21.3. The van der Waals surface area contributed by atoms with Gasteiger partial charge in [-0.25, -0.2) is 4.99 Å². The standard InChI is InChI=1S/C25H29F2N3O2S.ClH/c1-17(2)29(18(3)4)14-15-30-23(31)22(33-25(30)28-20-8-6-5-7-9-20)16-19-10-12-21(13-11-19)32-24(26)27;/h5-13,16-18,24H,14-15H2,1-4H3;1H. The second-order valence-corrected chi connectivity index (χ2v) is 9.18. The number of alkyl halides is 2. The summed E-state index contributed by atoms with van der Waals surface area (Å²) in [6, 6.07) is 16.5. The molecule has 3 rings (SSSR count). The summed E-state index contributed by atoms with van der Waals surface area (Å²) in [5.74, 6) is -0.0389. The Balaban J connectivity index is 0.00000408. The van der Waals surface area contributed by atoms with Crippen LogP contribution in [0.3, 0.4) is 0 Å². The second kappa shape index (κ2) is 12.9. The fraction of sp³-hybridized carbons (Fsp3) is 0.360. The van der Waals surface area contributed by atoms with Crippen LogP contribution in [0.2, 0.25) is 0 Å². The Labute approximate surface area is 210 Å². The minimum atomic E-state index is -2.87. The molecule has 34 heavy (non-hydrogen) atoms. The molecule has 1 amide bonds. The Morgan fingerprint density at radius 3 is 2.21 bits per heavy atom. The van der Waals surface area contributed by atoms with Gasteiger partial charge in [0.2, 0.25) is 0 Å². The Morgan fingerprint density at radius 2 is 1.65 bits per heavy atom. The van der Waals surface area contributed by atoms with Gasteiger partial charge in [-0.2, -0.15) is 8.78 Å². The third kappa shape index (κ3) is 7.55. The van der Waals surface area contributed by atoms with E-state index < -0.39 is 6.61 Å². The molecule has 0 radical (unpaired) electrons.